The van der Waals surface area contributed by atoms with Crippen molar-refractivity contribution in [1.82, 2.24) is 5.32 Å². The number of methoxy groups -OCH3 is 1. The molecule has 0 saturated carbocycles. The summed E-state index contributed by atoms with van der Waals surface area (Å²) in [6.07, 6.45) is 1.22. The molecule has 4 heteroatoms. The fraction of sp³-hybridized carbons (Fsp3) is 0.533. The van der Waals surface area contributed by atoms with Crippen LogP contribution in [0.5, 0.6) is 0 Å². The molecule has 1 unspecified atom stereocenters. The van der Waals surface area contributed by atoms with Crippen LogP contribution in [0, 0.1) is 0 Å². The van der Waals surface area contributed by atoms with E-state index in [4.69, 9.17) is 9.47 Å². The van der Waals surface area contributed by atoms with E-state index in [2.05, 4.69) is 17.4 Å². The predicted molar refractivity (Wildman–Crippen MR) is 74.9 cm³/mol. The van der Waals surface area contributed by atoms with Gasteiger partial charge in [-0.25, -0.2) is 0 Å². The summed E-state index contributed by atoms with van der Waals surface area (Å²) in [5.41, 5.74) is 1.19. The van der Waals surface area contributed by atoms with Crippen LogP contribution in [0.1, 0.15) is 31.4 Å². The molecule has 1 aromatic carbocycles. The summed E-state index contributed by atoms with van der Waals surface area (Å²) < 4.78 is 10.1. The molecule has 1 atom stereocenters. The zero-order valence-corrected chi connectivity index (χ0v) is 11.7. The molecule has 106 valence electrons. The second kappa shape index (κ2) is 9.53. The van der Waals surface area contributed by atoms with Gasteiger partial charge in [-0.3, -0.25) is 4.79 Å². The number of benzene rings is 1. The molecule has 4 nitrogen and oxygen atoms in total. The Labute approximate surface area is 115 Å². The first-order valence-corrected chi connectivity index (χ1v) is 6.70. The molecule has 0 fully saturated rings. The number of carbonyl (C=O) groups is 1. The summed E-state index contributed by atoms with van der Waals surface area (Å²) >= 11 is 0. The van der Waals surface area contributed by atoms with Gasteiger partial charge in [0.1, 0.15) is 0 Å². The minimum Gasteiger partial charge on any atom is -0.466 e. The monoisotopic (exact) mass is 265 g/mol. The van der Waals surface area contributed by atoms with Crippen LogP contribution >= 0.6 is 0 Å². The number of rotatable bonds is 9. The fourth-order valence-corrected chi connectivity index (χ4v) is 1.87. The first-order chi connectivity index (χ1) is 9.27. The topological polar surface area (TPSA) is 47.6 Å². The van der Waals surface area contributed by atoms with Crippen molar-refractivity contribution in [3.05, 3.63) is 35.9 Å². The largest absolute Gasteiger partial charge is 0.466 e. The van der Waals surface area contributed by atoms with E-state index in [1.807, 2.05) is 25.1 Å². The van der Waals surface area contributed by atoms with Crippen molar-refractivity contribution in [2.75, 3.05) is 26.9 Å². The Bertz CT molecular complexity index is 354. The molecule has 0 radical (unpaired) electrons. The lowest BCUT2D eigenvalue weighted by Gasteiger charge is -2.18. The smallest absolute Gasteiger partial charge is 0.305 e. The van der Waals surface area contributed by atoms with E-state index in [1.54, 1.807) is 7.11 Å². The van der Waals surface area contributed by atoms with Gasteiger partial charge in [-0.05, 0) is 25.5 Å². The fourth-order valence-electron chi connectivity index (χ4n) is 1.87. The summed E-state index contributed by atoms with van der Waals surface area (Å²) in [7, 11) is 1.69. The molecule has 0 heterocycles. The van der Waals surface area contributed by atoms with Gasteiger partial charge in [0.15, 0.2) is 0 Å². The van der Waals surface area contributed by atoms with Crippen LogP contribution in [0.4, 0.5) is 0 Å². The van der Waals surface area contributed by atoms with E-state index in [9.17, 15) is 4.79 Å². The molecule has 1 aromatic rings. The maximum atomic E-state index is 11.2. The van der Waals surface area contributed by atoms with Gasteiger partial charge in [0.2, 0.25) is 0 Å². The summed E-state index contributed by atoms with van der Waals surface area (Å²) in [6.45, 7) is 3.65. The second-order valence-electron chi connectivity index (χ2n) is 4.28. The van der Waals surface area contributed by atoms with E-state index in [-0.39, 0.29) is 12.0 Å². The highest BCUT2D eigenvalue weighted by molar-refractivity contribution is 5.69. The van der Waals surface area contributed by atoms with Gasteiger partial charge >= 0.3 is 5.97 Å². The lowest BCUT2D eigenvalue weighted by Crippen LogP contribution is -2.26. The summed E-state index contributed by atoms with van der Waals surface area (Å²) in [4.78, 5) is 11.2. The number of esters is 1. The molecule has 0 aliphatic rings. The van der Waals surface area contributed by atoms with Crippen molar-refractivity contribution in [2.45, 2.75) is 25.8 Å². The third-order valence-corrected chi connectivity index (χ3v) is 2.79. The number of hydrogen-bond acceptors (Lipinski definition) is 4. The number of ether oxygens (including phenoxy) is 2. The minimum atomic E-state index is -0.132. The van der Waals surface area contributed by atoms with E-state index in [1.165, 1.54) is 5.56 Å². The zero-order valence-electron chi connectivity index (χ0n) is 11.7. The third kappa shape index (κ3) is 6.36. The van der Waals surface area contributed by atoms with Crippen LogP contribution in [0.3, 0.4) is 0 Å². The number of hydrogen-bond donors (Lipinski definition) is 1. The molecule has 19 heavy (non-hydrogen) atoms. The Morgan fingerprint density at radius 3 is 2.68 bits per heavy atom. The molecule has 0 spiro atoms. The van der Waals surface area contributed by atoms with E-state index < -0.39 is 0 Å². The third-order valence-electron chi connectivity index (χ3n) is 2.79. The molecule has 0 bridgehead atoms. The quantitative estimate of drug-likeness (QED) is 0.550. The summed E-state index contributed by atoms with van der Waals surface area (Å²) in [6, 6.07) is 10.3. The standard InChI is InChI=1S/C15H23NO3/c1-3-19-15(17)10-7-11-16-14(12-18-2)13-8-5-4-6-9-13/h4-6,8-9,14,16H,3,7,10-12H2,1-2H3. The molecule has 1 N–H and O–H groups in total. The van der Waals surface area contributed by atoms with Gasteiger partial charge in [0.25, 0.3) is 0 Å². The van der Waals surface area contributed by atoms with Crippen molar-refractivity contribution in [3.63, 3.8) is 0 Å². The van der Waals surface area contributed by atoms with Gasteiger partial charge in [-0.1, -0.05) is 30.3 Å². The van der Waals surface area contributed by atoms with Crippen molar-refractivity contribution in [1.29, 1.82) is 0 Å². The molecular weight excluding hydrogens is 242 g/mol. The Hall–Kier alpha value is -1.39. The first kappa shape index (κ1) is 15.7. The van der Waals surface area contributed by atoms with Crippen LogP contribution < -0.4 is 5.32 Å². The van der Waals surface area contributed by atoms with E-state index in [0.29, 0.717) is 19.6 Å². The van der Waals surface area contributed by atoms with E-state index >= 15 is 0 Å². The van der Waals surface area contributed by atoms with Crippen LogP contribution in [0.15, 0.2) is 30.3 Å². The van der Waals surface area contributed by atoms with Crippen LogP contribution in [0.2, 0.25) is 0 Å². The lowest BCUT2D eigenvalue weighted by molar-refractivity contribution is -0.143. The van der Waals surface area contributed by atoms with Gasteiger partial charge < -0.3 is 14.8 Å². The maximum Gasteiger partial charge on any atom is 0.305 e. The first-order valence-electron chi connectivity index (χ1n) is 6.70. The van der Waals surface area contributed by atoms with Gasteiger partial charge in [-0.15, -0.1) is 0 Å². The molecule has 0 aromatic heterocycles. The Morgan fingerprint density at radius 2 is 2.05 bits per heavy atom. The van der Waals surface area contributed by atoms with Gasteiger partial charge in [0, 0.05) is 13.5 Å². The predicted octanol–water partition coefficient (Wildman–Crippen LogP) is 2.31. The zero-order chi connectivity index (χ0) is 13.9. The lowest BCUT2D eigenvalue weighted by atomic mass is 10.1. The maximum absolute atomic E-state index is 11.2. The van der Waals surface area contributed by atoms with Gasteiger partial charge in [-0.2, -0.15) is 0 Å². The molecule has 0 saturated heterocycles. The molecular formula is C15H23NO3. The Balaban J connectivity index is 2.33. The molecule has 0 aliphatic carbocycles. The molecule has 0 aliphatic heterocycles. The van der Waals surface area contributed by atoms with Crippen LogP contribution in [-0.4, -0.2) is 32.8 Å². The molecule has 0 amide bonds. The van der Waals surface area contributed by atoms with E-state index in [0.717, 1.165) is 13.0 Å². The summed E-state index contributed by atoms with van der Waals surface area (Å²) in [5, 5.41) is 3.40. The average Bonchev–Trinajstić information content (AvgIpc) is 2.43. The van der Waals surface area contributed by atoms with Crippen molar-refractivity contribution in [2.24, 2.45) is 0 Å². The van der Waals surface area contributed by atoms with Gasteiger partial charge in [0.05, 0.1) is 19.3 Å². The SMILES string of the molecule is CCOC(=O)CCCNC(COC)c1ccccc1. The number of carbonyl (C=O) groups excluding carboxylic acids is 1. The highest BCUT2D eigenvalue weighted by Crippen LogP contribution is 2.12. The average molecular weight is 265 g/mol. The normalized spacial score (nSPS) is 12.1. The second-order valence-corrected chi connectivity index (χ2v) is 4.28. The van der Waals surface area contributed by atoms with Crippen LogP contribution in [-0.2, 0) is 14.3 Å². The Morgan fingerprint density at radius 1 is 1.32 bits per heavy atom. The highest BCUT2D eigenvalue weighted by Gasteiger charge is 2.10. The van der Waals surface area contributed by atoms with Crippen molar-refractivity contribution >= 4 is 5.97 Å². The Kier molecular flexibility index (Phi) is 7.86. The number of nitrogens with one attached hydrogen (secondary N) is 1. The molecule has 1 rings (SSSR count). The minimum absolute atomic E-state index is 0.132. The highest BCUT2D eigenvalue weighted by atomic mass is 16.5. The summed E-state index contributed by atoms with van der Waals surface area (Å²) in [5.74, 6) is -0.132. The van der Waals surface area contributed by atoms with Crippen molar-refractivity contribution < 1.29 is 14.3 Å². The van der Waals surface area contributed by atoms with Crippen LogP contribution in [0.25, 0.3) is 0 Å². The van der Waals surface area contributed by atoms with Crippen molar-refractivity contribution in [3.8, 4) is 0 Å².